The molecule has 5 nitrogen and oxygen atoms in total. The smallest absolute Gasteiger partial charge is 0.132 e. The second kappa shape index (κ2) is 9.57. The number of allylic oxidation sites excluding steroid dienone is 4. The zero-order valence-corrected chi connectivity index (χ0v) is 20.2. The SMILES string of the molecule is Nc1ncc(-c2cnn(CC3=CC#CCC=C3)c2)c2scc(-c3ccc(Oc4ccccc4)cc3)c12. The Morgan fingerprint density at radius 1 is 0.972 bits per heavy atom. The number of aromatic nitrogens is 3. The lowest BCUT2D eigenvalue weighted by atomic mass is 10.0. The van der Waals surface area contributed by atoms with Crippen LogP contribution in [-0.4, -0.2) is 14.8 Å². The first-order chi connectivity index (χ1) is 17.7. The van der Waals surface area contributed by atoms with Crippen LogP contribution in [-0.2, 0) is 6.54 Å². The molecule has 36 heavy (non-hydrogen) atoms. The van der Waals surface area contributed by atoms with E-state index in [-0.39, 0.29) is 0 Å². The molecule has 0 saturated heterocycles. The number of fused-ring (bicyclic) bond motifs is 1. The van der Waals surface area contributed by atoms with Crippen LogP contribution in [0.25, 0.3) is 32.3 Å². The Morgan fingerprint density at radius 3 is 2.67 bits per heavy atom. The first kappa shape index (κ1) is 21.9. The van der Waals surface area contributed by atoms with E-state index in [1.807, 2.05) is 65.6 Å². The van der Waals surface area contributed by atoms with Gasteiger partial charge in [-0.15, -0.1) is 11.3 Å². The molecule has 0 bridgehead atoms. The number of nitrogens with two attached hydrogens (primary N) is 1. The molecule has 0 aliphatic heterocycles. The molecule has 6 heteroatoms. The van der Waals surface area contributed by atoms with Crippen LogP contribution in [0.15, 0.2) is 102 Å². The van der Waals surface area contributed by atoms with Gasteiger partial charge in [0.2, 0.25) is 0 Å². The van der Waals surface area contributed by atoms with E-state index in [2.05, 4.69) is 57.8 Å². The Labute approximate surface area is 213 Å². The molecule has 2 aromatic carbocycles. The van der Waals surface area contributed by atoms with Gasteiger partial charge in [-0.2, -0.15) is 5.10 Å². The van der Waals surface area contributed by atoms with Crippen LogP contribution in [0.4, 0.5) is 5.82 Å². The van der Waals surface area contributed by atoms with E-state index >= 15 is 0 Å². The lowest BCUT2D eigenvalue weighted by Gasteiger charge is -2.08. The maximum atomic E-state index is 6.38. The van der Waals surface area contributed by atoms with E-state index in [0.29, 0.717) is 12.4 Å². The van der Waals surface area contributed by atoms with Crippen LogP contribution in [0, 0.1) is 11.8 Å². The zero-order chi connectivity index (χ0) is 24.3. The molecule has 174 valence electrons. The van der Waals surface area contributed by atoms with Crippen LogP contribution in [0.2, 0.25) is 0 Å². The first-order valence-electron chi connectivity index (χ1n) is 11.6. The number of para-hydroxylation sites is 1. The number of rotatable bonds is 6. The standard InChI is InChI=1S/C30H22N4OS/c31-30-28-27(22-12-14-25(15-13-22)35-24-10-6-3-7-11-24)20-36-29(28)26(17-32-30)23-16-33-34(19-23)18-21-8-4-1-2-5-9-21/h3-4,6-17,19-20H,1,18H2,(H2,31,32). The van der Waals surface area contributed by atoms with Crippen LogP contribution < -0.4 is 10.5 Å². The highest BCUT2D eigenvalue weighted by Gasteiger charge is 2.16. The molecule has 2 N–H and O–H groups in total. The summed E-state index contributed by atoms with van der Waals surface area (Å²) in [5.41, 5.74) is 11.7. The van der Waals surface area contributed by atoms with Gasteiger partial charge in [0.15, 0.2) is 0 Å². The maximum absolute atomic E-state index is 6.38. The van der Waals surface area contributed by atoms with Crippen molar-refractivity contribution in [3.8, 4) is 45.6 Å². The average Bonchev–Trinajstić information content (AvgIpc) is 3.48. The van der Waals surface area contributed by atoms with Crippen molar-refractivity contribution < 1.29 is 4.74 Å². The third kappa shape index (κ3) is 4.40. The summed E-state index contributed by atoms with van der Waals surface area (Å²) in [7, 11) is 0. The Kier molecular flexibility index (Phi) is 5.82. The highest BCUT2D eigenvalue weighted by atomic mass is 32.1. The van der Waals surface area contributed by atoms with Gasteiger partial charge < -0.3 is 10.5 Å². The van der Waals surface area contributed by atoms with E-state index in [4.69, 9.17) is 10.5 Å². The van der Waals surface area contributed by atoms with Gasteiger partial charge in [0.05, 0.1) is 12.7 Å². The molecule has 0 saturated carbocycles. The first-order valence-corrected chi connectivity index (χ1v) is 12.5. The van der Waals surface area contributed by atoms with E-state index < -0.39 is 0 Å². The van der Waals surface area contributed by atoms with Crippen molar-refractivity contribution in [1.82, 2.24) is 14.8 Å². The molecule has 6 rings (SSSR count). The van der Waals surface area contributed by atoms with Crippen LogP contribution in [0.3, 0.4) is 0 Å². The fourth-order valence-electron chi connectivity index (χ4n) is 4.21. The van der Waals surface area contributed by atoms with Crippen molar-refractivity contribution in [2.45, 2.75) is 13.0 Å². The van der Waals surface area contributed by atoms with Crippen molar-refractivity contribution >= 4 is 27.2 Å². The molecule has 0 atom stereocenters. The number of nitrogens with zero attached hydrogens (tertiary/aromatic N) is 3. The molecule has 0 amide bonds. The number of benzene rings is 2. The van der Waals surface area contributed by atoms with Gasteiger partial charge in [-0.3, -0.25) is 4.68 Å². The number of anilines is 1. The van der Waals surface area contributed by atoms with Gasteiger partial charge in [-0.25, -0.2) is 4.98 Å². The fraction of sp³-hybridized carbons (Fsp3) is 0.0667. The second-order valence-electron chi connectivity index (χ2n) is 8.42. The number of hydrogen-bond acceptors (Lipinski definition) is 5. The molecular formula is C30H22N4OS. The van der Waals surface area contributed by atoms with Gasteiger partial charge in [-0.05, 0) is 46.9 Å². The lowest BCUT2D eigenvalue weighted by Crippen LogP contribution is -1.99. The number of ether oxygens (including phenoxy) is 1. The summed E-state index contributed by atoms with van der Waals surface area (Å²) in [5, 5.41) is 7.69. The molecule has 0 unspecified atom stereocenters. The summed E-state index contributed by atoms with van der Waals surface area (Å²) in [5.74, 6) is 8.27. The number of hydrogen-bond donors (Lipinski definition) is 1. The molecule has 1 aliphatic rings. The van der Waals surface area contributed by atoms with Gasteiger partial charge in [0.25, 0.3) is 0 Å². The van der Waals surface area contributed by atoms with E-state index in [9.17, 15) is 0 Å². The molecule has 0 spiro atoms. The topological polar surface area (TPSA) is 66.0 Å². The predicted octanol–water partition coefficient (Wildman–Crippen LogP) is 7.09. The van der Waals surface area contributed by atoms with Crippen molar-refractivity contribution in [2.75, 3.05) is 5.73 Å². The Hall–Kier alpha value is -4.60. The summed E-state index contributed by atoms with van der Waals surface area (Å²) in [4.78, 5) is 4.53. The number of thiophene rings is 1. The Morgan fingerprint density at radius 2 is 1.81 bits per heavy atom. The van der Waals surface area contributed by atoms with Gasteiger partial charge in [0, 0.05) is 45.6 Å². The quantitative estimate of drug-likeness (QED) is 0.260. The highest BCUT2D eigenvalue weighted by molar-refractivity contribution is 7.18. The summed E-state index contributed by atoms with van der Waals surface area (Å²) in [6, 6.07) is 17.8. The maximum Gasteiger partial charge on any atom is 0.132 e. The molecule has 3 heterocycles. The molecule has 3 aromatic heterocycles. The molecule has 0 radical (unpaired) electrons. The zero-order valence-electron chi connectivity index (χ0n) is 19.4. The minimum Gasteiger partial charge on any atom is -0.457 e. The predicted molar refractivity (Wildman–Crippen MR) is 147 cm³/mol. The summed E-state index contributed by atoms with van der Waals surface area (Å²) >= 11 is 1.67. The summed E-state index contributed by atoms with van der Waals surface area (Å²) in [6.07, 6.45) is 12.7. The van der Waals surface area contributed by atoms with Crippen LogP contribution in [0.1, 0.15) is 6.42 Å². The fourth-order valence-corrected chi connectivity index (χ4v) is 5.33. The normalized spacial score (nSPS) is 12.6. The number of pyridine rings is 1. The third-order valence-corrected chi connectivity index (χ3v) is 6.98. The molecule has 0 fully saturated rings. The third-order valence-electron chi connectivity index (χ3n) is 5.97. The summed E-state index contributed by atoms with van der Waals surface area (Å²) < 4.78 is 8.97. The van der Waals surface area contributed by atoms with Crippen molar-refractivity contribution in [3.63, 3.8) is 0 Å². The Bertz CT molecular complexity index is 1670. The van der Waals surface area contributed by atoms with Crippen molar-refractivity contribution in [1.29, 1.82) is 0 Å². The van der Waals surface area contributed by atoms with Gasteiger partial charge in [-0.1, -0.05) is 54.3 Å². The largest absolute Gasteiger partial charge is 0.457 e. The Balaban J connectivity index is 1.30. The van der Waals surface area contributed by atoms with Crippen LogP contribution in [0.5, 0.6) is 11.5 Å². The minimum absolute atomic E-state index is 0.523. The number of nitrogen functional groups attached to an aromatic ring is 1. The summed E-state index contributed by atoms with van der Waals surface area (Å²) in [6.45, 7) is 0.670. The molecule has 5 aromatic rings. The van der Waals surface area contributed by atoms with Gasteiger partial charge >= 0.3 is 0 Å². The van der Waals surface area contributed by atoms with Crippen molar-refractivity contribution in [3.05, 3.63) is 102 Å². The second-order valence-corrected chi connectivity index (χ2v) is 9.30. The monoisotopic (exact) mass is 486 g/mol. The molecule has 1 aliphatic carbocycles. The van der Waals surface area contributed by atoms with E-state index in [1.54, 1.807) is 11.3 Å². The molecular weight excluding hydrogens is 464 g/mol. The minimum atomic E-state index is 0.523. The lowest BCUT2D eigenvalue weighted by molar-refractivity contribution is 0.483. The van der Waals surface area contributed by atoms with E-state index in [0.717, 1.165) is 55.8 Å². The van der Waals surface area contributed by atoms with Crippen molar-refractivity contribution in [2.24, 2.45) is 0 Å². The van der Waals surface area contributed by atoms with Gasteiger partial charge in [0.1, 0.15) is 17.3 Å². The van der Waals surface area contributed by atoms with E-state index in [1.165, 1.54) is 0 Å². The average molecular weight is 487 g/mol. The highest BCUT2D eigenvalue weighted by Crippen LogP contribution is 2.42. The van der Waals surface area contributed by atoms with Crippen LogP contribution >= 0.6 is 11.3 Å².